The Balaban J connectivity index is 3.71. The fourth-order valence-electron chi connectivity index (χ4n) is 0.414. The summed E-state index contributed by atoms with van der Waals surface area (Å²) in [5.41, 5.74) is 0. The van der Waals surface area contributed by atoms with E-state index >= 15 is 0 Å². The zero-order valence-corrected chi connectivity index (χ0v) is 6.64. The van der Waals surface area contributed by atoms with Gasteiger partial charge in [-0.1, -0.05) is 6.08 Å². The summed E-state index contributed by atoms with van der Waals surface area (Å²) in [5.74, 6) is -0.590. The molecule has 0 heterocycles. The van der Waals surface area contributed by atoms with E-state index in [1.807, 2.05) is 6.92 Å². The van der Waals surface area contributed by atoms with Gasteiger partial charge >= 0.3 is 5.97 Å². The number of thiol groups is 1. The van der Waals surface area contributed by atoms with Crippen LogP contribution in [0.4, 0.5) is 0 Å². The Morgan fingerprint density at radius 2 is 2.50 bits per heavy atom. The first-order valence-electron chi connectivity index (χ1n) is 2.93. The van der Waals surface area contributed by atoms with Gasteiger partial charge in [0.15, 0.2) is 0 Å². The SMILES string of the molecule is C/C=C\NC(CS)C(=O)O. The Kier molecular flexibility index (Phi) is 4.84. The molecule has 0 aliphatic heterocycles. The number of carboxylic acids is 1. The number of aliphatic carboxylic acids is 1. The van der Waals surface area contributed by atoms with E-state index in [0.29, 0.717) is 5.75 Å². The molecule has 0 aliphatic rings. The normalized spacial score (nSPS) is 13.4. The summed E-state index contributed by atoms with van der Waals surface area (Å²) in [4.78, 5) is 10.3. The predicted molar refractivity (Wildman–Crippen MR) is 43.2 cm³/mol. The molecule has 0 amide bonds. The number of hydrogen-bond acceptors (Lipinski definition) is 3. The molecule has 0 saturated carbocycles. The molecular weight excluding hydrogens is 150 g/mol. The van der Waals surface area contributed by atoms with Gasteiger partial charge in [0, 0.05) is 5.75 Å². The number of carboxylic acid groups (broad SMARTS) is 1. The van der Waals surface area contributed by atoms with Gasteiger partial charge in [-0.3, -0.25) is 0 Å². The van der Waals surface area contributed by atoms with Crippen LogP contribution >= 0.6 is 12.6 Å². The molecular formula is C6H11NO2S. The average molecular weight is 161 g/mol. The minimum absolute atomic E-state index is 0.291. The number of carbonyl (C=O) groups is 1. The summed E-state index contributed by atoms with van der Waals surface area (Å²) in [6.07, 6.45) is 3.33. The van der Waals surface area contributed by atoms with Gasteiger partial charge in [0.1, 0.15) is 6.04 Å². The van der Waals surface area contributed by atoms with Gasteiger partial charge in [-0.15, -0.1) is 0 Å². The Morgan fingerprint density at radius 3 is 2.80 bits per heavy atom. The van der Waals surface area contributed by atoms with Crippen LogP contribution in [-0.2, 0) is 4.79 Å². The molecule has 0 fully saturated rings. The highest BCUT2D eigenvalue weighted by Gasteiger charge is 2.11. The summed E-state index contributed by atoms with van der Waals surface area (Å²) in [6, 6.07) is -0.584. The second-order valence-electron chi connectivity index (χ2n) is 1.74. The molecule has 1 unspecified atom stereocenters. The Morgan fingerprint density at radius 1 is 1.90 bits per heavy atom. The summed E-state index contributed by atoms with van der Waals surface area (Å²) in [5, 5.41) is 11.1. The number of hydrogen-bond donors (Lipinski definition) is 3. The van der Waals surface area contributed by atoms with Gasteiger partial charge in [-0.2, -0.15) is 12.6 Å². The predicted octanol–water partition coefficient (Wildman–Crippen LogP) is 0.493. The van der Waals surface area contributed by atoms with Crippen molar-refractivity contribution in [2.75, 3.05) is 5.75 Å². The Labute approximate surface area is 65.5 Å². The van der Waals surface area contributed by atoms with E-state index in [-0.39, 0.29) is 0 Å². The molecule has 0 rings (SSSR count). The van der Waals surface area contributed by atoms with Crippen LogP contribution < -0.4 is 5.32 Å². The van der Waals surface area contributed by atoms with Gasteiger partial charge in [-0.05, 0) is 13.1 Å². The van der Waals surface area contributed by atoms with Crippen LogP contribution in [-0.4, -0.2) is 22.9 Å². The zero-order chi connectivity index (χ0) is 7.98. The van der Waals surface area contributed by atoms with Crippen LogP contribution in [0.5, 0.6) is 0 Å². The van der Waals surface area contributed by atoms with Crippen molar-refractivity contribution >= 4 is 18.6 Å². The third-order valence-electron chi connectivity index (χ3n) is 0.945. The molecule has 4 heteroatoms. The molecule has 0 aromatic carbocycles. The van der Waals surface area contributed by atoms with Crippen LogP contribution in [0, 0.1) is 0 Å². The van der Waals surface area contributed by atoms with Crippen molar-refractivity contribution in [1.29, 1.82) is 0 Å². The van der Waals surface area contributed by atoms with Crippen LogP contribution in [0.2, 0.25) is 0 Å². The standard InChI is InChI=1S/C6H11NO2S/c1-2-3-7-5(4-10)6(8)9/h2-3,5,7,10H,4H2,1H3,(H,8,9)/b3-2-. The topological polar surface area (TPSA) is 49.3 Å². The molecule has 0 aromatic rings. The molecule has 0 saturated heterocycles. The quantitative estimate of drug-likeness (QED) is 0.526. The lowest BCUT2D eigenvalue weighted by atomic mass is 10.3. The molecule has 1 atom stereocenters. The summed E-state index contributed by atoms with van der Waals surface area (Å²) >= 11 is 3.85. The molecule has 10 heavy (non-hydrogen) atoms. The first-order valence-corrected chi connectivity index (χ1v) is 3.56. The van der Waals surface area contributed by atoms with Crippen molar-refractivity contribution < 1.29 is 9.90 Å². The third-order valence-corrected chi connectivity index (χ3v) is 1.31. The van der Waals surface area contributed by atoms with Crippen molar-refractivity contribution in [3.05, 3.63) is 12.3 Å². The zero-order valence-electron chi connectivity index (χ0n) is 5.74. The maximum atomic E-state index is 10.3. The fourth-order valence-corrected chi connectivity index (χ4v) is 0.676. The van der Waals surface area contributed by atoms with Gasteiger partial charge in [0.2, 0.25) is 0 Å². The van der Waals surface area contributed by atoms with Crippen LogP contribution in [0.1, 0.15) is 6.92 Å². The molecule has 0 aliphatic carbocycles. The van der Waals surface area contributed by atoms with E-state index in [2.05, 4.69) is 17.9 Å². The highest BCUT2D eigenvalue weighted by atomic mass is 32.1. The highest BCUT2D eigenvalue weighted by Crippen LogP contribution is 1.87. The van der Waals surface area contributed by atoms with Crippen molar-refractivity contribution in [3.63, 3.8) is 0 Å². The van der Waals surface area contributed by atoms with Crippen LogP contribution in [0.15, 0.2) is 12.3 Å². The molecule has 0 aromatic heterocycles. The van der Waals surface area contributed by atoms with E-state index in [1.54, 1.807) is 12.3 Å². The minimum Gasteiger partial charge on any atom is -0.480 e. The Bertz CT molecular complexity index is 136. The maximum absolute atomic E-state index is 10.3. The first-order chi connectivity index (χ1) is 4.72. The lowest BCUT2D eigenvalue weighted by Gasteiger charge is -2.07. The van der Waals surface area contributed by atoms with E-state index in [9.17, 15) is 4.79 Å². The molecule has 0 bridgehead atoms. The smallest absolute Gasteiger partial charge is 0.326 e. The second kappa shape index (κ2) is 5.17. The number of allylic oxidation sites excluding steroid dienone is 1. The van der Waals surface area contributed by atoms with Gasteiger partial charge in [0.25, 0.3) is 0 Å². The van der Waals surface area contributed by atoms with Crippen LogP contribution in [0.3, 0.4) is 0 Å². The van der Waals surface area contributed by atoms with Gasteiger partial charge in [0.05, 0.1) is 0 Å². The van der Waals surface area contributed by atoms with Gasteiger partial charge in [-0.25, -0.2) is 4.79 Å². The van der Waals surface area contributed by atoms with E-state index in [4.69, 9.17) is 5.11 Å². The van der Waals surface area contributed by atoms with E-state index < -0.39 is 12.0 Å². The monoisotopic (exact) mass is 161 g/mol. The van der Waals surface area contributed by atoms with Crippen molar-refractivity contribution in [1.82, 2.24) is 5.32 Å². The molecule has 0 radical (unpaired) electrons. The lowest BCUT2D eigenvalue weighted by Crippen LogP contribution is -2.34. The summed E-state index contributed by atoms with van der Waals surface area (Å²) < 4.78 is 0. The molecule has 2 N–H and O–H groups in total. The number of rotatable bonds is 4. The highest BCUT2D eigenvalue weighted by molar-refractivity contribution is 7.80. The van der Waals surface area contributed by atoms with Crippen molar-refractivity contribution in [2.45, 2.75) is 13.0 Å². The Hall–Kier alpha value is -0.640. The minimum atomic E-state index is -0.881. The number of nitrogens with one attached hydrogen (secondary N) is 1. The molecule has 0 spiro atoms. The van der Waals surface area contributed by atoms with Crippen molar-refractivity contribution in [2.24, 2.45) is 0 Å². The van der Waals surface area contributed by atoms with Crippen LogP contribution in [0.25, 0.3) is 0 Å². The lowest BCUT2D eigenvalue weighted by molar-refractivity contribution is -0.138. The van der Waals surface area contributed by atoms with Crippen molar-refractivity contribution in [3.8, 4) is 0 Å². The van der Waals surface area contributed by atoms with E-state index in [1.165, 1.54) is 0 Å². The van der Waals surface area contributed by atoms with Gasteiger partial charge < -0.3 is 10.4 Å². The average Bonchev–Trinajstić information content (AvgIpc) is 1.89. The van der Waals surface area contributed by atoms with E-state index in [0.717, 1.165) is 0 Å². The summed E-state index contributed by atoms with van der Waals surface area (Å²) in [7, 11) is 0. The molecule has 3 nitrogen and oxygen atoms in total. The first kappa shape index (κ1) is 9.36. The second-order valence-corrected chi connectivity index (χ2v) is 2.11. The fraction of sp³-hybridized carbons (Fsp3) is 0.500. The maximum Gasteiger partial charge on any atom is 0.326 e. The summed E-state index contributed by atoms with van der Waals surface area (Å²) in [6.45, 7) is 1.81. The molecule has 58 valence electrons. The largest absolute Gasteiger partial charge is 0.480 e. The third kappa shape index (κ3) is 3.40.